The summed E-state index contributed by atoms with van der Waals surface area (Å²) in [5, 5.41) is 48.8. The van der Waals surface area contributed by atoms with Gasteiger partial charge in [-0.15, -0.1) is 5.10 Å². The zero-order chi connectivity index (χ0) is 19.3. The van der Waals surface area contributed by atoms with Gasteiger partial charge in [0.15, 0.2) is 12.0 Å². The number of nitrogens with zero attached hydrogens (tertiary/aromatic N) is 3. The maximum atomic E-state index is 12.0. The topological polar surface area (TPSA) is 176 Å². The number of carbonyl (C=O) groups excluding carboxylic acids is 1. The zero-order valence-corrected chi connectivity index (χ0v) is 14.7. The van der Waals surface area contributed by atoms with Crippen molar-refractivity contribution in [1.29, 1.82) is 0 Å². The molecule has 7 N–H and O–H groups in total. The number of aliphatic hydroxyl groups excluding tert-OH is 4. The van der Waals surface area contributed by atoms with E-state index in [-0.39, 0.29) is 5.82 Å². The first-order valence-electron chi connectivity index (χ1n) is 7.86. The van der Waals surface area contributed by atoms with E-state index in [1.54, 1.807) is 6.42 Å². The van der Waals surface area contributed by atoms with Gasteiger partial charge >= 0.3 is 0 Å². The quantitative estimate of drug-likeness (QED) is 0.256. The lowest BCUT2D eigenvalue weighted by Crippen LogP contribution is -2.56. The van der Waals surface area contributed by atoms with Gasteiger partial charge in [-0.05, 0) is 19.1 Å². The SMILES string of the molecule is [CH2][CH]CSC[C@@H](N)C(=O)Nc1cn([C@@H]2OC(CO)C(O)C(O)C2O)nn1. The fraction of sp³-hybridized carbons (Fsp3) is 0.643. The molecule has 0 bridgehead atoms. The summed E-state index contributed by atoms with van der Waals surface area (Å²) in [6, 6.07) is -0.752. The number of thioether (sulfide) groups is 1. The molecule has 2 rings (SSSR count). The van der Waals surface area contributed by atoms with E-state index >= 15 is 0 Å². The van der Waals surface area contributed by atoms with Gasteiger partial charge in [-0.2, -0.15) is 11.8 Å². The Morgan fingerprint density at radius 2 is 2.19 bits per heavy atom. The summed E-state index contributed by atoms with van der Waals surface area (Å²) in [6.45, 7) is 3.02. The molecule has 12 heteroatoms. The summed E-state index contributed by atoms with van der Waals surface area (Å²) < 4.78 is 6.43. The summed E-state index contributed by atoms with van der Waals surface area (Å²) >= 11 is 1.46. The zero-order valence-electron chi connectivity index (χ0n) is 13.9. The van der Waals surface area contributed by atoms with Crippen LogP contribution in [0.4, 0.5) is 5.82 Å². The minimum Gasteiger partial charge on any atom is -0.394 e. The summed E-state index contributed by atoms with van der Waals surface area (Å²) in [6.07, 6.45) is -3.79. The number of hydrogen-bond donors (Lipinski definition) is 6. The van der Waals surface area contributed by atoms with Crippen molar-refractivity contribution in [2.75, 3.05) is 23.4 Å². The van der Waals surface area contributed by atoms with Crippen LogP contribution in [0.2, 0.25) is 0 Å². The fourth-order valence-corrected chi connectivity index (χ4v) is 3.04. The van der Waals surface area contributed by atoms with Crippen molar-refractivity contribution in [1.82, 2.24) is 15.0 Å². The molecule has 2 radical (unpaired) electrons. The highest BCUT2D eigenvalue weighted by atomic mass is 32.2. The van der Waals surface area contributed by atoms with Crippen molar-refractivity contribution >= 4 is 23.5 Å². The molecule has 1 aromatic heterocycles. The molecule has 0 aromatic carbocycles. The molecule has 0 aliphatic carbocycles. The van der Waals surface area contributed by atoms with Crippen molar-refractivity contribution in [2.45, 2.75) is 36.7 Å². The second-order valence-electron chi connectivity index (χ2n) is 5.73. The van der Waals surface area contributed by atoms with Crippen LogP contribution >= 0.6 is 11.8 Å². The van der Waals surface area contributed by atoms with Gasteiger partial charge in [0.2, 0.25) is 5.91 Å². The molecule has 26 heavy (non-hydrogen) atoms. The Kier molecular flexibility index (Phi) is 7.76. The number of carbonyl (C=O) groups is 1. The first kappa shape index (κ1) is 21.0. The molecule has 11 nitrogen and oxygen atoms in total. The molecular formula is C14H23N5O6S. The van der Waals surface area contributed by atoms with E-state index in [0.29, 0.717) is 11.5 Å². The van der Waals surface area contributed by atoms with Crippen molar-refractivity contribution in [3.8, 4) is 0 Å². The second-order valence-corrected chi connectivity index (χ2v) is 6.80. The minimum atomic E-state index is -1.54. The molecule has 1 aliphatic rings. The normalized spacial score (nSPS) is 30.2. The first-order valence-corrected chi connectivity index (χ1v) is 9.02. The largest absolute Gasteiger partial charge is 0.394 e. The minimum absolute atomic E-state index is 0.0798. The van der Waals surface area contributed by atoms with Crippen LogP contribution in [-0.4, -0.2) is 89.9 Å². The van der Waals surface area contributed by atoms with Gasteiger partial charge in [-0.3, -0.25) is 4.79 Å². The van der Waals surface area contributed by atoms with Gasteiger partial charge in [0.05, 0.1) is 18.8 Å². The number of hydrogen-bond acceptors (Lipinski definition) is 10. The number of aromatic nitrogens is 3. The van der Waals surface area contributed by atoms with Gasteiger partial charge in [-0.25, -0.2) is 4.68 Å². The van der Waals surface area contributed by atoms with E-state index in [2.05, 4.69) is 22.6 Å². The van der Waals surface area contributed by atoms with Crippen LogP contribution in [-0.2, 0) is 9.53 Å². The maximum Gasteiger partial charge on any atom is 0.243 e. The molecule has 6 atom stereocenters. The Balaban J connectivity index is 1.99. The molecule has 1 aliphatic heterocycles. The third-order valence-corrected chi connectivity index (χ3v) is 4.83. The number of rotatable bonds is 8. The van der Waals surface area contributed by atoms with Crippen LogP contribution in [0.15, 0.2) is 6.20 Å². The molecule has 2 heterocycles. The Morgan fingerprint density at radius 1 is 1.46 bits per heavy atom. The van der Waals surface area contributed by atoms with Crippen LogP contribution < -0.4 is 11.1 Å². The molecule has 0 saturated carbocycles. The van der Waals surface area contributed by atoms with E-state index in [9.17, 15) is 25.2 Å². The smallest absolute Gasteiger partial charge is 0.243 e. The predicted molar refractivity (Wildman–Crippen MR) is 92.6 cm³/mol. The molecular weight excluding hydrogens is 366 g/mol. The fourth-order valence-electron chi connectivity index (χ4n) is 2.33. The number of amides is 1. The van der Waals surface area contributed by atoms with Crippen molar-refractivity contribution in [3.05, 3.63) is 19.5 Å². The number of aliphatic hydroxyl groups is 4. The number of anilines is 1. The molecule has 1 amide bonds. The van der Waals surface area contributed by atoms with Gasteiger partial charge in [0.25, 0.3) is 0 Å². The Labute approximate surface area is 154 Å². The summed E-state index contributed by atoms with van der Waals surface area (Å²) in [4.78, 5) is 12.0. The summed E-state index contributed by atoms with van der Waals surface area (Å²) in [5.74, 6) is 0.700. The third-order valence-electron chi connectivity index (χ3n) is 3.76. The van der Waals surface area contributed by atoms with Crippen molar-refractivity contribution < 1.29 is 30.0 Å². The Bertz CT molecular complexity index is 588. The first-order chi connectivity index (χ1) is 12.4. The van der Waals surface area contributed by atoms with E-state index < -0.39 is 49.2 Å². The number of nitrogens with two attached hydrogens (primary N) is 1. The van der Waals surface area contributed by atoms with Crippen LogP contribution in [0.5, 0.6) is 0 Å². The molecule has 0 spiro atoms. The van der Waals surface area contributed by atoms with Gasteiger partial charge in [0.1, 0.15) is 24.4 Å². The van der Waals surface area contributed by atoms with Gasteiger partial charge < -0.3 is 36.2 Å². The number of ether oxygens (including phenoxy) is 1. The molecule has 1 aromatic rings. The van der Waals surface area contributed by atoms with E-state index in [1.807, 2.05) is 0 Å². The monoisotopic (exact) mass is 389 g/mol. The highest BCUT2D eigenvalue weighted by molar-refractivity contribution is 7.99. The Hall–Kier alpha value is -1.28. The van der Waals surface area contributed by atoms with E-state index in [0.717, 1.165) is 4.68 Å². The van der Waals surface area contributed by atoms with E-state index in [4.69, 9.17) is 10.5 Å². The van der Waals surface area contributed by atoms with Crippen LogP contribution in [0, 0.1) is 13.3 Å². The predicted octanol–water partition coefficient (Wildman–Crippen LogP) is -2.71. The van der Waals surface area contributed by atoms with Crippen LogP contribution in [0.3, 0.4) is 0 Å². The number of nitrogens with one attached hydrogen (secondary N) is 1. The van der Waals surface area contributed by atoms with Crippen LogP contribution in [0.1, 0.15) is 6.23 Å². The van der Waals surface area contributed by atoms with Crippen molar-refractivity contribution in [2.24, 2.45) is 5.73 Å². The highest BCUT2D eigenvalue weighted by Gasteiger charge is 2.44. The Morgan fingerprint density at radius 3 is 2.85 bits per heavy atom. The lowest BCUT2D eigenvalue weighted by molar-refractivity contribution is -0.254. The standard InChI is InChI=1S/C14H23N5O6S/c1-2-3-26-6-7(15)13(24)16-9-4-19(18-17-9)14-12(23)11(22)10(21)8(5-20)25-14/h2,4,7-8,10-12,14,20-23H,1,3,5-6,15H2,(H,16,24)/t7-,8?,10?,11?,12?,14-/m1/s1. The van der Waals surface area contributed by atoms with Gasteiger partial charge in [-0.1, -0.05) is 5.21 Å². The lowest BCUT2D eigenvalue weighted by atomic mass is 9.98. The maximum absolute atomic E-state index is 12.0. The third kappa shape index (κ3) is 4.91. The molecule has 1 fully saturated rings. The van der Waals surface area contributed by atoms with Gasteiger partial charge in [0, 0.05) is 5.75 Å². The molecule has 1 saturated heterocycles. The second kappa shape index (κ2) is 9.60. The molecule has 4 unspecified atom stereocenters. The highest BCUT2D eigenvalue weighted by Crippen LogP contribution is 2.28. The van der Waals surface area contributed by atoms with Crippen LogP contribution in [0.25, 0.3) is 0 Å². The average molecular weight is 389 g/mol. The molecule has 146 valence electrons. The van der Waals surface area contributed by atoms with E-state index in [1.165, 1.54) is 18.0 Å². The lowest BCUT2D eigenvalue weighted by Gasteiger charge is -2.39. The van der Waals surface area contributed by atoms with Crippen molar-refractivity contribution in [3.63, 3.8) is 0 Å². The average Bonchev–Trinajstić information content (AvgIpc) is 3.08. The summed E-state index contributed by atoms with van der Waals surface area (Å²) in [7, 11) is 0. The summed E-state index contributed by atoms with van der Waals surface area (Å²) in [5.41, 5.74) is 5.77.